The summed E-state index contributed by atoms with van der Waals surface area (Å²) in [5.74, 6) is 0. The summed E-state index contributed by atoms with van der Waals surface area (Å²) in [5.41, 5.74) is 5.20. The van der Waals surface area contributed by atoms with Crippen LogP contribution in [0.1, 0.15) is 0 Å². The maximum Gasteiger partial charge on any atom is 0.197 e. The molecule has 1 aromatic heterocycles. The Labute approximate surface area is 157 Å². The Bertz CT molecular complexity index is 1320. The summed E-state index contributed by atoms with van der Waals surface area (Å²) in [4.78, 5) is 13.1. The minimum Gasteiger partial charge on any atom is -0.309 e. The zero-order chi connectivity index (χ0) is 18.2. The van der Waals surface area contributed by atoms with E-state index in [1.807, 2.05) is 72.8 Å². The monoisotopic (exact) mass is 347 g/mol. The molecular formula is C25H17NO. The first-order valence-corrected chi connectivity index (χ1v) is 9.01. The smallest absolute Gasteiger partial charge is 0.197 e. The number of aromatic nitrogens is 1. The van der Waals surface area contributed by atoms with Crippen LogP contribution in [0.5, 0.6) is 0 Å². The van der Waals surface area contributed by atoms with E-state index in [4.69, 9.17) is 0 Å². The van der Waals surface area contributed by atoms with E-state index in [2.05, 4.69) is 34.9 Å². The van der Waals surface area contributed by atoms with Gasteiger partial charge in [0.1, 0.15) is 0 Å². The van der Waals surface area contributed by atoms with Crippen molar-refractivity contribution in [3.63, 3.8) is 0 Å². The number of rotatable bonds is 2. The molecule has 1 heterocycles. The summed E-state index contributed by atoms with van der Waals surface area (Å²) < 4.78 is 2.18. The van der Waals surface area contributed by atoms with Gasteiger partial charge >= 0.3 is 0 Å². The predicted molar refractivity (Wildman–Crippen MR) is 112 cm³/mol. The lowest BCUT2D eigenvalue weighted by Gasteiger charge is -2.16. The summed E-state index contributed by atoms with van der Waals surface area (Å²) in [6, 6.07) is 34.4. The van der Waals surface area contributed by atoms with Gasteiger partial charge in [0.15, 0.2) is 5.43 Å². The standard InChI is InChI=1S/C25H17NO/c27-25-21-13-7-8-14-23(21)26(20-11-5-2-6-12-20)24-17-19(15-16-22(24)25)18-9-3-1-4-10-18/h1-17H. The summed E-state index contributed by atoms with van der Waals surface area (Å²) in [6.07, 6.45) is 0. The molecule has 0 unspecified atom stereocenters. The number of para-hydroxylation sites is 2. The molecule has 0 amide bonds. The molecule has 0 fully saturated rings. The van der Waals surface area contributed by atoms with Gasteiger partial charge in [-0.15, -0.1) is 0 Å². The van der Waals surface area contributed by atoms with Gasteiger partial charge in [-0.05, 0) is 47.5 Å². The topological polar surface area (TPSA) is 22.0 Å². The van der Waals surface area contributed by atoms with Gasteiger partial charge in [0.05, 0.1) is 11.0 Å². The van der Waals surface area contributed by atoms with E-state index < -0.39 is 0 Å². The van der Waals surface area contributed by atoms with Gasteiger partial charge < -0.3 is 4.57 Å². The molecule has 2 nitrogen and oxygen atoms in total. The molecule has 0 aliphatic heterocycles. The Balaban J connectivity index is 1.95. The predicted octanol–water partition coefficient (Wildman–Crippen LogP) is 5.81. The highest BCUT2D eigenvalue weighted by Gasteiger charge is 2.12. The third-order valence-electron chi connectivity index (χ3n) is 4.99. The fourth-order valence-corrected chi connectivity index (χ4v) is 3.71. The lowest BCUT2D eigenvalue weighted by atomic mass is 10.0. The number of hydrogen-bond donors (Lipinski definition) is 0. The average Bonchev–Trinajstić information content (AvgIpc) is 2.75. The molecule has 27 heavy (non-hydrogen) atoms. The molecule has 5 aromatic rings. The van der Waals surface area contributed by atoms with Crippen LogP contribution in [0.4, 0.5) is 0 Å². The van der Waals surface area contributed by atoms with Crippen LogP contribution in [0, 0.1) is 0 Å². The van der Waals surface area contributed by atoms with E-state index in [9.17, 15) is 4.79 Å². The van der Waals surface area contributed by atoms with E-state index >= 15 is 0 Å². The number of fused-ring (bicyclic) bond motifs is 2. The van der Waals surface area contributed by atoms with Gasteiger partial charge in [-0.1, -0.05) is 66.7 Å². The van der Waals surface area contributed by atoms with Crippen molar-refractivity contribution in [1.29, 1.82) is 0 Å². The van der Waals surface area contributed by atoms with Crippen molar-refractivity contribution in [1.82, 2.24) is 4.57 Å². The Morgan fingerprint density at radius 3 is 1.93 bits per heavy atom. The molecule has 0 saturated heterocycles. The molecule has 2 heteroatoms. The Morgan fingerprint density at radius 2 is 1.15 bits per heavy atom. The van der Waals surface area contributed by atoms with Crippen LogP contribution in [-0.2, 0) is 0 Å². The van der Waals surface area contributed by atoms with Crippen molar-refractivity contribution in [3.05, 3.63) is 113 Å². The van der Waals surface area contributed by atoms with Gasteiger partial charge in [0, 0.05) is 16.5 Å². The lowest BCUT2D eigenvalue weighted by Crippen LogP contribution is -2.10. The van der Waals surface area contributed by atoms with Crippen molar-refractivity contribution in [2.75, 3.05) is 0 Å². The molecule has 0 saturated carbocycles. The first kappa shape index (κ1) is 15.6. The zero-order valence-electron chi connectivity index (χ0n) is 14.7. The van der Waals surface area contributed by atoms with Crippen LogP contribution >= 0.6 is 0 Å². The second kappa shape index (κ2) is 6.26. The van der Waals surface area contributed by atoms with Crippen molar-refractivity contribution >= 4 is 21.8 Å². The highest BCUT2D eigenvalue weighted by Crippen LogP contribution is 2.28. The first-order chi connectivity index (χ1) is 13.3. The highest BCUT2D eigenvalue weighted by atomic mass is 16.1. The molecule has 0 aliphatic rings. The third kappa shape index (κ3) is 2.54. The quantitative estimate of drug-likeness (QED) is 0.369. The van der Waals surface area contributed by atoms with Crippen molar-refractivity contribution in [3.8, 4) is 16.8 Å². The van der Waals surface area contributed by atoms with E-state index in [0.717, 1.165) is 38.6 Å². The maximum absolute atomic E-state index is 13.1. The second-order valence-corrected chi connectivity index (χ2v) is 6.62. The van der Waals surface area contributed by atoms with Gasteiger partial charge in [-0.25, -0.2) is 0 Å². The summed E-state index contributed by atoms with van der Waals surface area (Å²) in [7, 11) is 0. The number of pyridine rings is 1. The number of benzene rings is 4. The van der Waals surface area contributed by atoms with E-state index in [0.29, 0.717) is 0 Å². The van der Waals surface area contributed by atoms with E-state index in [1.54, 1.807) is 0 Å². The second-order valence-electron chi connectivity index (χ2n) is 6.62. The molecule has 5 rings (SSSR count). The summed E-state index contributed by atoms with van der Waals surface area (Å²) in [6.45, 7) is 0. The minimum absolute atomic E-state index is 0.0763. The van der Waals surface area contributed by atoms with Crippen LogP contribution in [-0.4, -0.2) is 4.57 Å². The molecule has 0 N–H and O–H groups in total. The number of nitrogens with zero attached hydrogens (tertiary/aromatic N) is 1. The van der Waals surface area contributed by atoms with E-state index in [-0.39, 0.29) is 5.43 Å². The van der Waals surface area contributed by atoms with Crippen LogP contribution in [0.15, 0.2) is 108 Å². The van der Waals surface area contributed by atoms with Gasteiger partial charge in [0.25, 0.3) is 0 Å². The molecular weight excluding hydrogens is 330 g/mol. The zero-order valence-corrected chi connectivity index (χ0v) is 14.7. The van der Waals surface area contributed by atoms with Gasteiger partial charge in [-0.2, -0.15) is 0 Å². The Kier molecular flexibility index (Phi) is 3.61. The van der Waals surface area contributed by atoms with Crippen LogP contribution in [0.25, 0.3) is 38.6 Å². The number of hydrogen-bond acceptors (Lipinski definition) is 1. The maximum atomic E-state index is 13.1. The highest BCUT2D eigenvalue weighted by molar-refractivity contribution is 5.97. The molecule has 128 valence electrons. The van der Waals surface area contributed by atoms with Crippen molar-refractivity contribution in [2.24, 2.45) is 0 Å². The third-order valence-corrected chi connectivity index (χ3v) is 4.99. The molecule has 0 atom stereocenters. The Morgan fingerprint density at radius 1 is 0.519 bits per heavy atom. The van der Waals surface area contributed by atoms with Gasteiger partial charge in [-0.3, -0.25) is 4.79 Å². The Hall–Kier alpha value is -3.65. The largest absolute Gasteiger partial charge is 0.309 e. The molecule has 4 aromatic carbocycles. The van der Waals surface area contributed by atoms with Crippen LogP contribution < -0.4 is 5.43 Å². The normalized spacial score (nSPS) is 11.1. The minimum atomic E-state index is 0.0763. The average molecular weight is 347 g/mol. The first-order valence-electron chi connectivity index (χ1n) is 9.01. The fraction of sp³-hybridized carbons (Fsp3) is 0. The van der Waals surface area contributed by atoms with Crippen LogP contribution in [0.2, 0.25) is 0 Å². The van der Waals surface area contributed by atoms with Crippen molar-refractivity contribution in [2.45, 2.75) is 0 Å². The van der Waals surface area contributed by atoms with Gasteiger partial charge in [0.2, 0.25) is 0 Å². The fourth-order valence-electron chi connectivity index (χ4n) is 3.71. The van der Waals surface area contributed by atoms with E-state index in [1.165, 1.54) is 0 Å². The van der Waals surface area contributed by atoms with Crippen molar-refractivity contribution < 1.29 is 0 Å². The molecule has 0 spiro atoms. The summed E-state index contributed by atoms with van der Waals surface area (Å²) in [5, 5.41) is 1.47. The SMILES string of the molecule is O=c1c2ccccc2n(-c2ccccc2)c2cc(-c3ccccc3)ccc12. The molecule has 0 aliphatic carbocycles. The molecule has 0 radical (unpaired) electrons. The lowest BCUT2D eigenvalue weighted by molar-refractivity contribution is 1.16. The van der Waals surface area contributed by atoms with Crippen LogP contribution in [0.3, 0.4) is 0 Å². The summed E-state index contributed by atoms with van der Waals surface area (Å²) >= 11 is 0. The molecule has 0 bridgehead atoms.